The molecule has 0 aliphatic heterocycles. The Morgan fingerprint density at radius 3 is 1.78 bits per heavy atom. The van der Waals surface area contributed by atoms with Crippen LogP contribution in [-0.4, -0.2) is 19.5 Å². The van der Waals surface area contributed by atoms with E-state index in [0.717, 1.165) is 44.5 Å². The van der Waals surface area contributed by atoms with E-state index in [4.69, 9.17) is 15.0 Å². The predicted octanol–water partition coefficient (Wildman–Crippen LogP) is 11.8. The Morgan fingerprint density at radius 1 is 0.500 bits per heavy atom. The molecule has 5 heteroatoms. The Morgan fingerprint density at radius 2 is 1.09 bits per heavy atom. The SMILES string of the molecule is CC1(C)c2ccccc2-c2ccc3c(c21)c1ccccc1n3-c1cc(-c2ccc(C#N)cc2)cc(-c2nc(-c3ccccc3)nc(-c3ccccc3)n2)c1. The van der Waals surface area contributed by atoms with Crippen LogP contribution in [0.2, 0.25) is 0 Å². The van der Waals surface area contributed by atoms with Gasteiger partial charge < -0.3 is 4.57 Å². The summed E-state index contributed by atoms with van der Waals surface area (Å²) in [5, 5.41) is 12.1. The first-order valence-electron chi connectivity index (χ1n) is 18.2. The van der Waals surface area contributed by atoms with E-state index in [1.165, 1.54) is 33.0 Å². The molecule has 9 aromatic rings. The van der Waals surface area contributed by atoms with Gasteiger partial charge in [0.1, 0.15) is 0 Å². The molecule has 0 amide bonds. The highest BCUT2D eigenvalue weighted by atomic mass is 15.0. The number of para-hydroxylation sites is 1. The Labute approximate surface area is 313 Å². The number of hydrogen-bond acceptors (Lipinski definition) is 4. The Kier molecular flexibility index (Phi) is 7.14. The molecule has 0 unspecified atom stereocenters. The van der Waals surface area contributed by atoms with Crippen molar-refractivity contribution in [1.29, 1.82) is 5.26 Å². The van der Waals surface area contributed by atoms with Gasteiger partial charge in [0.05, 0.1) is 22.7 Å². The van der Waals surface area contributed by atoms with Gasteiger partial charge in [-0.15, -0.1) is 0 Å². The van der Waals surface area contributed by atoms with E-state index < -0.39 is 0 Å². The van der Waals surface area contributed by atoms with Crippen LogP contribution in [0, 0.1) is 11.3 Å². The lowest BCUT2D eigenvalue weighted by Crippen LogP contribution is -2.15. The van der Waals surface area contributed by atoms with Gasteiger partial charge in [0.15, 0.2) is 17.5 Å². The molecule has 54 heavy (non-hydrogen) atoms. The summed E-state index contributed by atoms with van der Waals surface area (Å²) in [6.07, 6.45) is 0. The number of rotatable bonds is 5. The van der Waals surface area contributed by atoms with Crippen molar-refractivity contribution < 1.29 is 0 Å². The minimum absolute atomic E-state index is 0.178. The van der Waals surface area contributed by atoms with Crippen LogP contribution in [0.1, 0.15) is 30.5 Å². The van der Waals surface area contributed by atoms with Crippen LogP contribution >= 0.6 is 0 Å². The van der Waals surface area contributed by atoms with Crippen LogP contribution in [0.5, 0.6) is 0 Å². The number of nitrogens with zero attached hydrogens (tertiary/aromatic N) is 5. The highest BCUT2D eigenvalue weighted by Gasteiger charge is 2.38. The Hall–Kier alpha value is -7.16. The van der Waals surface area contributed by atoms with Gasteiger partial charge in [0.25, 0.3) is 0 Å². The van der Waals surface area contributed by atoms with E-state index in [0.29, 0.717) is 23.0 Å². The summed E-state index contributed by atoms with van der Waals surface area (Å²) >= 11 is 0. The van der Waals surface area contributed by atoms with Crippen molar-refractivity contribution in [2.24, 2.45) is 0 Å². The second-order valence-corrected chi connectivity index (χ2v) is 14.4. The average Bonchev–Trinajstić information content (AvgIpc) is 3.69. The van der Waals surface area contributed by atoms with E-state index in [9.17, 15) is 5.26 Å². The summed E-state index contributed by atoms with van der Waals surface area (Å²) in [6.45, 7) is 4.70. The minimum atomic E-state index is -0.178. The van der Waals surface area contributed by atoms with Crippen molar-refractivity contribution in [3.05, 3.63) is 180 Å². The van der Waals surface area contributed by atoms with Crippen molar-refractivity contribution in [2.45, 2.75) is 19.3 Å². The number of hydrogen-bond donors (Lipinski definition) is 0. The Bertz CT molecular complexity index is 2890. The molecule has 0 bridgehead atoms. The fourth-order valence-corrected chi connectivity index (χ4v) is 8.32. The van der Waals surface area contributed by atoms with Crippen molar-refractivity contribution in [3.8, 4) is 68.2 Å². The van der Waals surface area contributed by atoms with E-state index in [1.54, 1.807) is 0 Å². The van der Waals surface area contributed by atoms with Gasteiger partial charge in [-0.05, 0) is 75.8 Å². The standard InChI is InChI=1S/C49H33N5/c1-49(2)41-19-11-9-17-38(41)39-25-26-43-44(45(39)49)40-18-10-12-20-42(40)54(43)37-28-35(32-23-21-31(30-50)22-24-32)27-36(29-37)48-52-46(33-13-5-3-6-14-33)51-47(53-48)34-15-7-4-8-16-34/h3-29H,1-2H3. The maximum atomic E-state index is 9.59. The third-order valence-electron chi connectivity index (χ3n) is 10.8. The predicted molar refractivity (Wildman–Crippen MR) is 218 cm³/mol. The van der Waals surface area contributed by atoms with Crippen LogP contribution < -0.4 is 0 Å². The second kappa shape index (κ2) is 12.2. The van der Waals surface area contributed by atoms with Crippen molar-refractivity contribution in [1.82, 2.24) is 19.5 Å². The summed E-state index contributed by atoms with van der Waals surface area (Å²) in [7, 11) is 0. The topological polar surface area (TPSA) is 67.4 Å². The smallest absolute Gasteiger partial charge is 0.164 e. The molecule has 2 heterocycles. The van der Waals surface area contributed by atoms with Gasteiger partial charge in [0.2, 0.25) is 0 Å². The molecule has 0 fully saturated rings. The maximum absolute atomic E-state index is 9.59. The van der Waals surface area contributed by atoms with E-state index in [-0.39, 0.29) is 5.41 Å². The van der Waals surface area contributed by atoms with Crippen LogP contribution in [0.4, 0.5) is 0 Å². The van der Waals surface area contributed by atoms with Crippen LogP contribution in [0.25, 0.3) is 83.9 Å². The normalized spacial score (nSPS) is 12.8. The van der Waals surface area contributed by atoms with Crippen LogP contribution in [0.15, 0.2) is 164 Å². The lowest BCUT2D eigenvalue weighted by Gasteiger charge is -2.22. The summed E-state index contributed by atoms with van der Waals surface area (Å²) in [6, 6.07) is 58.9. The molecule has 0 spiro atoms. The summed E-state index contributed by atoms with van der Waals surface area (Å²) in [5.41, 5.74) is 13.7. The molecule has 0 radical (unpaired) electrons. The van der Waals surface area contributed by atoms with Crippen molar-refractivity contribution in [3.63, 3.8) is 0 Å². The van der Waals surface area contributed by atoms with Gasteiger partial charge in [-0.25, -0.2) is 15.0 Å². The van der Waals surface area contributed by atoms with Crippen LogP contribution in [-0.2, 0) is 5.41 Å². The number of aromatic nitrogens is 4. The fourth-order valence-electron chi connectivity index (χ4n) is 8.32. The first kappa shape index (κ1) is 31.6. The van der Waals surface area contributed by atoms with Gasteiger partial charge in [-0.1, -0.05) is 135 Å². The fraction of sp³-hybridized carbons (Fsp3) is 0.0612. The molecule has 0 saturated heterocycles. The number of benzene rings is 7. The van der Waals surface area contributed by atoms with E-state index >= 15 is 0 Å². The molecular weight excluding hydrogens is 659 g/mol. The third kappa shape index (κ3) is 4.96. The highest BCUT2D eigenvalue weighted by Crippen LogP contribution is 2.53. The van der Waals surface area contributed by atoms with Crippen LogP contribution in [0.3, 0.4) is 0 Å². The highest BCUT2D eigenvalue weighted by molar-refractivity contribution is 6.14. The monoisotopic (exact) mass is 691 g/mol. The first-order valence-corrected chi connectivity index (χ1v) is 18.2. The van der Waals surface area contributed by atoms with Gasteiger partial charge in [-0.3, -0.25) is 0 Å². The molecule has 10 rings (SSSR count). The molecule has 1 aliphatic rings. The lowest BCUT2D eigenvalue weighted by molar-refractivity contribution is 0.666. The molecule has 7 aromatic carbocycles. The molecule has 1 aliphatic carbocycles. The third-order valence-corrected chi connectivity index (χ3v) is 10.8. The molecule has 2 aromatic heterocycles. The van der Waals surface area contributed by atoms with E-state index in [2.05, 4.69) is 103 Å². The van der Waals surface area contributed by atoms with E-state index in [1.807, 2.05) is 84.9 Å². The zero-order valence-electron chi connectivity index (χ0n) is 29.8. The number of nitriles is 1. The maximum Gasteiger partial charge on any atom is 0.164 e. The first-order chi connectivity index (χ1) is 26.5. The average molecular weight is 692 g/mol. The molecule has 0 N–H and O–H groups in total. The second-order valence-electron chi connectivity index (χ2n) is 14.4. The zero-order valence-corrected chi connectivity index (χ0v) is 29.8. The molecule has 254 valence electrons. The largest absolute Gasteiger partial charge is 0.309 e. The zero-order chi connectivity index (χ0) is 36.4. The minimum Gasteiger partial charge on any atom is -0.309 e. The molecule has 0 atom stereocenters. The van der Waals surface area contributed by atoms with Crippen molar-refractivity contribution >= 4 is 21.8 Å². The quantitative estimate of drug-likeness (QED) is 0.180. The lowest BCUT2D eigenvalue weighted by atomic mass is 9.80. The molecular formula is C49H33N5. The van der Waals surface area contributed by atoms with Crippen molar-refractivity contribution in [2.75, 3.05) is 0 Å². The van der Waals surface area contributed by atoms with Gasteiger partial charge in [0, 0.05) is 38.6 Å². The Balaban J connectivity index is 1.26. The molecule has 0 saturated carbocycles. The summed E-state index contributed by atoms with van der Waals surface area (Å²) in [4.78, 5) is 15.2. The molecule has 5 nitrogen and oxygen atoms in total. The van der Waals surface area contributed by atoms with Gasteiger partial charge >= 0.3 is 0 Å². The summed E-state index contributed by atoms with van der Waals surface area (Å²) < 4.78 is 2.39. The van der Waals surface area contributed by atoms with Gasteiger partial charge in [-0.2, -0.15) is 5.26 Å². The summed E-state index contributed by atoms with van der Waals surface area (Å²) in [5.74, 6) is 1.80. The number of fused-ring (bicyclic) bond motifs is 7.